The summed E-state index contributed by atoms with van der Waals surface area (Å²) in [6.45, 7) is 9.35. The lowest BCUT2D eigenvalue weighted by atomic mass is 10.2. The highest BCUT2D eigenvalue weighted by atomic mass is 32.3. The molecule has 2 atom stereocenters. The third-order valence-corrected chi connectivity index (χ3v) is 4.50. The van der Waals surface area contributed by atoms with Crippen molar-refractivity contribution in [2.24, 2.45) is 9.98 Å². The van der Waals surface area contributed by atoms with Gasteiger partial charge in [-0.05, 0) is 0 Å². The molecule has 0 saturated heterocycles. The number of hydrogen-bond acceptors (Lipinski definition) is 6. The minimum atomic E-state index is -5.17. The molecule has 172 valence electrons. The van der Waals surface area contributed by atoms with Gasteiger partial charge in [0.15, 0.2) is 0 Å². The number of nitrogens with one attached hydrogen (secondary N) is 2. The molecule has 2 aromatic carbocycles. The van der Waals surface area contributed by atoms with Crippen molar-refractivity contribution in [1.82, 2.24) is 0 Å². The molecular weight excluding hydrogens is 440 g/mol. The average molecular weight is 467 g/mol. The van der Waals surface area contributed by atoms with E-state index in [4.69, 9.17) is 17.5 Å². The first-order chi connectivity index (χ1) is 15.8. The lowest BCUT2D eigenvalue weighted by Crippen LogP contribution is -3.07. The van der Waals surface area contributed by atoms with Crippen molar-refractivity contribution in [2.45, 2.75) is 13.1 Å². The maximum Gasteiger partial charge on any atom is 0.230 e. The number of amidine groups is 2. The van der Waals surface area contributed by atoms with Crippen LogP contribution in [0.3, 0.4) is 0 Å². The lowest BCUT2D eigenvalue weighted by Gasteiger charge is -2.09. The molecule has 0 radical (unpaired) electrons. The van der Waals surface area contributed by atoms with E-state index in [1.165, 1.54) is 20.9 Å². The summed E-state index contributed by atoms with van der Waals surface area (Å²) in [4.78, 5) is 10.9. The average Bonchev–Trinajstić information content (AvgIpc) is 3.43. The van der Waals surface area contributed by atoms with Crippen molar-refractivity contribution in [1.29, 1.82) is 0 Å². The lowest BCUT2D eigenvalue weighted by molar-refractivity contribution is -0.758. The minimum absolute atomic E-state index is 0.933. The minimum Gasteiger partial charge on any atom is -0.759 e. The standard InChI is InChI=1S/2C12H12N2.H2O4S/c2*1-2-12-13-8-9-14(12)10-11-6-4-3-5-7-11;1-5(2,3)4/h2*2-9H,1,10H2;(H2,1,2,3,4). The van der Waals surface area contributed by atoms with Gasteiger partial charge in [-0.3, -0.25) is 18.2 Å². The molecule has 0 bridgehead atoms. The first-order valence-corrected chi connectivity index (χ1v) is 11.3. The van der Waals surface area contributed by atoms with Gasteiger partial charge in [-0.2, -0.15) is 9.98 Å². The molecule has 2 unspecified atom stereocenters. The second-order valence-electron chi connectivity index (χ2n) is 6.85. The zero-order chi connectivity index (χ0) is 24.1. The summed E-state index contributed by atoms with van der Waals surface area (Å²) in [6.07, 6.45) is 11.4. The van der Waals surface area contributed by atoms with Crippen molar-refractivity contribution in [2.75, 3.05) is 0 Å². The maximum absolute atomic E-state index is 8.52. The van der Waals surface area contributed by atoms with Crippen molar-refractivity contribution < 1.29 is 27.3 Å². The highest BCUT2D eigenvalue weighted by Gasteiger charge is 2.16. The van der Waals surface area contributed by atoms with Crippen LogP contribution in [0.25, 0.3) is 0 Å². The topological polar surface area (TPSA) is 114 Å². The summed E-state index contributed by atoms with van der Waals surface area (Å²) in [6, 6.07) is 20.8. The van der Waals surface area contributed by atoms with Gasteiger partial charge in [0.2, 0.25) is 11.7 Å². The van der Waals surface area contributed by atoms with E-state index in [9.17, 15) is 0 Å². The van der Waals surface area contributed by atoms with Crippen LogP contribution in [-0.2, 0) is 23.5 Å². The first-order valence-electron chi connectivity index (χ1n) is 10.0. The molecule has 0 aromatic heterocycles. The molecule has 9 heteroatoms. The third-order valence-electron chi connectivity index (χ3n) is 4.50. The van der Waals surface area contributed by atoms with Gasteiger partial charge in [0.25, 0.3) is 0 Å². The van der Waals surface area contributed by atoms with E-state index in [2.05, 4.69) is 71.7 Å². The summed E-state index contributed by atoms with van der Waals surface area (Å²) >= 11 is 0. The number of aliphatic imine (C=N–C) groups is 2. The van der Waals surface area contributed by atoms with E-state index in [1.54, 1.807) is 12.2 Å². The summed E-state index contributed by atoms with van der Waals surface area (Å²) in [5, 5.41) is 0. The van der Waals surface area contributed by atoms with E-state index in [1.807, 2.05) is 36.9 Å². The van der Waals surface area contributed by atoms with Gasteiger partial charge in [-0.15, -0.1) is 0 Å². The Balaban J connectivity index is 0.000000195. The normalized spacial score (nSPS) is 18.2. The van der Waals surface area contributed by atoms with Crippen LogP contribution < -0.4 is 9.80 Å². The summed E-state index contributed by atoms with van der Waals surface area (Å²) in [7, 11) is -5.17. The van der Waals surface area contributed by atoms with Crippen LogP contribution in [0.1, 0.15) is 11.1 Å². The third kappa shape index (κ3) is 10.1. The molecule has 0 fully saturated rings. The van der Waals surface area contributed by atoms with Gasteiger partial charge < -0.3 is 9.11 Å². The Kier molecular flexibility index (Phi) is 10.3. The Bertz CT molecular complexity index is 1060. The van der Waals surface area contributed by atoms with Crippen LogP contribution in [0.4, 0.5) is 0 Å². The number of quaternary nitrogens is 2. The van der Waals surface area contributed by atoms with E-state index in [0.29, 0.717) is 0 Å². The molecule has 2 aromatic rings. The van der Waals surface area contributed by atoms with Crippen LogP contribution >= 0.6 is 0 Å². The Labute approximate surface area is 194 Å². The van der Waals surface area contributed by atoms with Crippen molar-refractivity contribution in [3.8, 4) is 0 Å². The van der Waals surface area contributed by atoms with Gasteiger partial charge in [0, 0.05) is 33.7 Å². The Hall–Kier alpha value is -3.47. The molecule has 4 rings (SSSR count). The summed E-state index contributed by atoms with van der Waals surface area (Å²) in [5.74, 6) is 1.99. The van der Waals surface area contributed by atoms with E-state index in [0.717, 1.165) is 24.8 Å². The largest absolute Gasteiger partial charge is 0.759 e. The summed E-state index contributed by atoms with van der Waals surface area (Å²) < 4.78 is 34.1. The predicted octanol–water partition coefficient (Wildman–Crippen LogP) is 0.944. The number of benzene rings is 2. The van der Waals surface area contributed by atoms with Crippen LogP contribution in [0.15, 0.2) is 121 Å². The number of hydrogen-bond donors (Lipinski definition) is 2. The highest BCUT2D eigenvalue weighted by Crippen LogP contribution is 1.97. The van der Waals surface area contributed by atoms with Crippen LogP contribution in [-0.4, -0.2) is 29.2 Å². The van der Waals surface area contributed by atoms with Gasteiger partial charge >= 0.3 is 0 Å². The fourth-order valence-corrected chi connectivity index (χ4v) is 3.05. The molecule has 2 aliphatic rings. The molecule has 0 saturated carbocycles. The first kappa shape index (κ1) is 25.8. The number of nitrogens with zero attached hydrogens (tertiary/aromatic N) is 2. The quantitative estimate of drug-likeness (QED) is 0.487. The van der Waals surface area contributed by atoms with Crippen LogP contribution in [0.2, 0.25) is 0 Å². The highest BCUT2D eigenvalue weighted by molar-refractivity contribution is 7.79. The fraction of sp³-hybridized carbons (Fsp3) is 0.0833. The molecule has 0 amide bonds. The molecular formula is C24H26N4O4S. The van der Waals surface area contributed by atoms with Crippen molar-refractivity contribution in [3.63, 3.8) is 0 Å². The van der Waals surface area contributed by atoms with E-state index in [-0.39, 0.29) is 0 Å². The molecule has 2 aliphatic heterocycles. The number of rotatable bonds is 6. The SMILES string of the molecule is C=CC1=NC=C[NH+]1Cc1ccccc1.C=CC1=NC=C[NH+]1Cc1ccccc1.O=S(=O)([O-])[O-]. The van der Waals surface area contributed by atoms with Gasteiger partial charge in [-0.25, -0.2) is 0 Å². The molecule has 2 N–H and O–H groups in total. The zero-order valence-electron chi connectivity index (χ0n) is 18.0. The molecule has 33 heavy (non-hydrogen) atoms. The van der Waals surface area contributed by atoms with E-state index < -0.39 is 10.4 Å². The molecule has 8 nitrogen and oxygen atoms in total. The second-order valence-corrected chi connectivity index (χ2v) is 7.67. The maximum atomic E-state index is 8.52. The molecule has 2 heterocycles. The Morgan fingerprint density at radius 1 is 0.727 bits per heavy atom. The zero-order valence-corrected chi connectivity index (χ0v) is 18.8. The van der Waals surface area contributed by atoms with Crippen molar-refractivity contribution in [3.05, 3.63) is 122 Å². The fourth-order valence-electron chi connectivity index (χ4n) is 3.05. The van der Waals surface area contributed by atoms with Crippen LogP contribution in [0, 0.1) is 0 Å². The Morgan fingerprint density at radius 2 is 1.06 bits per heavy atom. The Morgan fingerprint density at radius 3 is 1.36 bits per heavy atom. The van der Waals surface area contributed by atoms with Gasteiger partial charge in [-0.1, -0.05) is 73.8 Å². The van der Waals surface area contributed by atoms with Gasteiger partial charge in [0.1, 0.15) is 25.5 Å². The van der Waals surface area contributed by atoms with Crippen molar-refractivity contribution >= 4 is 22.1 Å². The molecule has 0 aliphatic carbocycles. The smallest absolute Gasteiger partial charge is 0.230 e. The second kappa shape index (κ2) is 13.2. The van der Waals surface area contributed by atoms with Gasteiger partial charge in [0.05, 0.1) is 12.4 Å². The molecule has 0 spiro atoms. The van der Waals surface area contributed by atoms with E-state index >= 15 is 0 Å². The monoisotopic (exact) mass is 466 g/mol. The summed E-state index contributed by atoms with van der Waals surface area (Å²) in [5.41, 5.74) is 2.62. The van der Waals surface area contributed by atoms with Crippen LogP contribution in [0.5, 0.6) is 0 Å². The predicted molar refractivity (Wildman–Crippen MR) is 126 cm³/mol.